The van der Waals surface area contributed by atoms with Gasteiger partial charge in [0.1, 0.15) is 11.5 Å². The maximum absolute atomic E-state index is 6.50. The minimum atomic E-state index is 0.700. The summed E-state index contributed by atoms with van der Waals surface area (Å²) in [6, 6.07) is 30.5. The molecule has 0 bridgehead atoms. The third-order valence-electron chi connectivity index (χ3n) is 9.37. The molecule has 5 rings (SSSR count). The van der Waals surface area contributed by atoms with E-state index in [9.17, 15) is 0 Å². The van der Waals surface area contributed by atoms with Crippen molar-refractivity contribution in [2.45, 2.75) is 92.2 Å². The van der Waals surface area contributed by atoms with Gasteiger partial charge in [-0.05, 0) is 49.9 Å². The highest BCUT2D eigenvalue weighted by Gasteiger charge is 2.11. The fraction of sp³-hybridized carbons (Fsp3) is 0.333. The first-order valence-corrected chi connectivity index (χ1v) is 19.4. The zero-order valence-corrected chi connectivity index (χ0v) is 31.9. The number of benzene rings is 3. The molecule has 0 aliphatic heterocycles. The molecule has 0 radical (unpaired) electrons. The van der Waals surface area contributed by atoms with Gasteiger partial charge in [-0.25, -0.2) is 9.13 Å². The van der Waals surface area contributed by atoms with Crippen LogP contribution in [0.25, 0.3) is 24.3 Å². The molecule has 3 aromatic carbocycles. The highest BCUT2D eigenvalue weighted by molar-refractivity contribution is 5.78. The quantitative estimate of drug-likeness (QED) is 0.0599. The first kappa shape index (κ1) is 38.3. The summed E-state index contributed by atoms with van der Waals surface area (Å²) in [5.41, 5.74) is 9.51. The number of aromatic nitrogens is 2. The van der Waals surface area contributed by atoms with Crippen molar-refractivity contribution < 1.29 is 18.6 Å². The maximum atomic E-state index is 6.50. The molecule has 0 atom stereocenters. The van der Waals surface area contributed by atoms with Crippen molar-refractivity contribution in [3.05, 3.63) is 154 Å². The van der Waals surface area contributed by atoms with Crippen LogP contribution < -0.4 is 18.6 Å². The molecule has 0 aliphatic carbocycles. The Morgan fingerprint density at radius 3 is 1.21 bits per heavy atom. The van der Waals surface area contributed by atoms with Crippen LogP contribution in [-0.4, -0.2) is 13.2 Å². The summed E-state index contributed by atoms with van der Waals surface area (Å²) in [7, 11) is 0. The predicted octanol–water partition coefficient (Wildman–Crippen LogP) is 11.2. The number of rotatable bonds is 20. The molecular weight excluding hydrogens is 637 g/mol. The van der Waals surface area contributed by atoms with E-state index in [1.165, 1.54) is 60.8 Å². The Morgan fingerprint density at radius 1 is 0.462 bits per heavy atom. The van der Waals surface area contributed by atoms with Crippen LogP contribution in [-0.2, 0) is 13.1 Å². The maximum Gasteiger partial charge on any atom is 0.173 e. The van der Waals surface area contributed by atoms with Crippen molar-refractivity contribution in [3.63, 3.8) is 0 Å². The zero-order chi connectivity index (χ0) is 36.4. The highest BCUT2D eigenvalue weighted by atomic mass is 16.5. The van der Waals surface area contributed by atoms with Gasteiger partial charge in [-0.2, -0.15) is 0 Å². The summed E-state index contributed by atoms with van der Waals surface area (Å²) < 4.78 is 17.4. The van der Waals surface area contributed by atoms with Gasteiger partial charge in [-0.1, -0.05) is 136 Å². The molecule has 0 N–H and O–H groups in total. The molecule has 5 aromatic rings. The summed E-state index contributed by atoms with van der Waals surface area (Å²) in [4.78, 5) is 0. The third kappa shape index (κ3) is 12.7. The van der Waals surface area contributed by atoms with Crippen molar-refractivity contribution in [1.82, 2.24) is 0 Å². The molecule has 0 saturated heterocycles. The lowest BCUT2D eigenvalue weighted by molar-refractivity contribution is -0.688. The van der Waals surface area contributed by atoms with Crippen molar-refractivity contribution in [2.75, 3.05) is 13.2 Å². The Labute approximate surface area is 313 Å². The second-order valence-electron chi connectivity index (χ2n) is 14.0. The number of pyridine rings is 2. The van der Waals surface area contributed by atoms with Crippen LogP contribution in [0, 0.1) is 13.8 Å². The van der Waals surface area contributed by atoms with Gasteiger partial charge >= 0.3 is 0 Å². The van der Waals surface area contributed by atoms with E-state index >= 15 is 0 Å². The smallest absolute Gasteiger partial charge is 0.173 e. The van der Waals surface area contributed by atoms with Gasteiger partial charge in [0.05, 0.1) is 13.2 Å². The van der Waals surface area contributed by atoms with E-state index < -0.39 is 0 Å². The van der Waals surface area contributed by atoms with Gasteiger partial charge in [-0.15, -0.1) is 0 Å². The Hall–Kier alpha value is -4.96. The Kier molecular flexibility index (Phi) is 15.3. The second kappa shape index (κ2) is 20.8. The van der Waals surface area contributed by atoms with Crippen LogP contribution in [0.1, 0.15) is 110 Å². The molecule has 52 heavy (non-hydrogen) atoms. The monoisotopic (exact) mass is 694 g/mol. The van der Waals surface area contributed by atoms with Crippen molar-refractivity contribution >= 4 is 24.3 Å². The Balaban J connectivity index is 1.37. The van der Waals surface area contributed by atoms with Gasteiger partial charge < -0.3 is 9.47 Å². The minimum Gasteiger partial charge on any atom is -0.493 e. The van der Waals surface area contributed by atoms with Crippen LogP contribution in [0.5, 0.6) is 11.5 Å². The first-order chi connectivity index (χ1) is 25.5. The molecule has 0 unspecified atom stereocenters. The van der Waals surface area contributed by atoms with Crippen LogP contribution >= 0.6 is 0 Å². The molecular formula is C48H58N2O2+2. The molecule has 2 heterocycles. The molecule has 4 nitrogen and oxygen atoms in total. The number of nitrogens with zero attached hydrogens (tertiary/aromatic N) is 2. The summed E-state index contributed by atoms with van der Waals surface area (Å²) in [5, 5.41) is 0. The third-order valence-corrected chi connectivity index (χ3v) is 9.37. The van der Waals surface area contributed by atoms with E-state index in [4.69, 9.17) is 9.47 Å². The SMILES string of the molecule is CCCCCCOc1cc(/C=C/c2cc[n+](Cc3ccc(C)cc3)cc2)c(OCCCCCC)cc1/C=C/c1cc[n+](Cc2ccc(C)cc2)cc1. The number of hydrogen-bond donors (Lipinski definition) is 0. The molecule has 0 fully saturated rings. The second-order valence-corrected chi connectivity index (χ2v) is 14.0. The van der Waals surface area contributed by atoms with Crippen molar-refractivity contribution in [3.8, 4) is 11.5 Å². The van der Waals surface area contributed by atoms with E-state index in [2.05, 4.69) is 171 Å². The molecule has 270 valence electrons. The summed E-state index contributed by atoms with van der Waals surface area (Å²) in [5.74, 6) is 1.78. The lowest BCUT2D eigenvalue weighted by Gasteiger charge is -2.15. The van der Waals surface area contributed by atoms with Gasteiger partial charge in [-0.3, -0.25) is 0 Å². The summed E-state index contributed by atoms with van der Waals surface area (Å²) in [6.07, 6.45) is 26.6. The Morgan fingerprint density at radius 2 is 0.846 bits per heavy atom. The van der Waals surface area contributed by atoms with Gasteiger partial charge in [0, 0.05) is 46.5 Å². The zero-order valence-electron chi connectivity index (χ0n) is 31.9. The summed E-state index contributed by atoms with van der Waals surface area (Å²) in [6.45, 7) is 11.8. The van der Waals surface area contributed by atoms with E-state index in [0.717, 1.165) is 59.7 Å². The largest absolute Gasteiger partial charge is 0.493 e. The van der Waals surface area contributed by atoms with Gasteiger partial charge in [0.25, 0.3) is 0 Å². The van der Waals surface area contributed by atoms with Gasteiger partial charge in [0.15, 0.2) is 37.9 Å². The molecule has 0 amide bonds. The number of ether oxygens (including phenoxy) is 2. The average Bonchev–Trinajstić information content (AvgIpc) is 3.16. The summed E-state index contributed by atoms with van der Waals surface area (Å²) >= 11 is 0. The molecule has 2 aromatic heterocycles. The van der Waals surface area contributed by atoms with E-state index in [1.54, 1.807) is 0 Å². The molecule has 4 heteroatoms. The van der Waals surface area contributed by atoms with Crippen LogP contribution in [0.3, 0.4) is 0 Å². The van der Waals surface area contributed by atoms with Crippen LogP contribution in [0.15, 0.2) is 110 Å². The van der Waals surface area contributed by atoms with Crippen LogP contribution in [0.4, 0.5) is 0 Å². The van der Waals surface area contributed by atoms with Crippen LogP contribution in [0.2, 0.25) is 0 Å². The first-order valence-electron chi connectivity index (χ1n) is 19.4. The predicted molar refractivity (Wildman–Crippen MR) is 217 cm³/mol. The fourth-order valence-corrected chi connectivity index (χ4v) is 6.08. The van der Waals surface area contributed by atoms with Crippen molar-refractivity contribution in [1.29, 1.82) is 0 Å². The standard InChI is InChI=1S/C48H58N2O2/c1-5-7-9-11-33-51-47-35-46(24-22-42-27-31-50(32-28-42)38-44-19-15-40(4)16-20-44)48(52-34-12-10-8-6-2)36-45(47)23-21-41-25-29-49(30-26-41)37-43-17-13-39(3)14-18-43/h13-32,35-36H,5-12,33-34,37-38H2,1-4H3/q+2/b23-21+,24-22+. The number of unbranched alkanes of at least 4 members (excludes halogenated alkanes) is 6. The van der Waals surface area contributed by atoms with E-state index in [1.807, 2.05) is 0 Å². The van der Waals surface area contributed by atoms with Gasteiger partial charge in [0.2, 0.25) is 0 Å². The highest BCUT2D eigenvalue weighted by Crippen LogP contribution is 2.33. The van der Waals surface area contributed by atoms with Crippen molar-refractivity contribution in [2.24, 2.45) is 0 Å². The molecule has 0 aliphatic rings. The molecule has 0 saturated carbocycles. The molecule has 0 spiro atoms. The Bertz CT molecular complexity index is 1700. The number of aryl methyl sites for hydroxylation is 2. The normalized spacial score (nSPS) is 11.5. The lowest BCUT2D eigenvalue weighted by atomic mass is 10.1. The van der Waals surface area contributed by atoms with E-state index in [-0.39, 0.29) is 0 Å². The number of hydrogen-bond acceptors (Lipinski definition) is 2. The average molecular weight is 695 g/mol. The fourth-order valence-electron chi connectivity index (χ4n) is 6.08. The minimum absolute atomic E-state index is 0.700. The van der Waals surface area contributed by atoms with E-state index in [0.29, 0.717) is 13.2 Å². The lowest BCUT2D eigenvalue weighted by Crippen LogP contribution is -2.33. The topological polar surface area (TPSA) is 26.2 Å².